The smallest absolute Gasteiger partial charge is 0.417 e. The quantitative estimate of drug-likeness (QED) is 0.124. The number of carboxylic acids is 1. The van der Waals surface area contributed by atoms with Crippen molar-refractivity contribution in [1.29, 1.82) is 0 Å². The van der Waals surface area contributed by atoms with Gasteiger partial charge in [0.1, 0.15) is 12.4 Å². The molecule has 2 aromatic carbocycles. The number of pyridine rings is 1. The maximum atomic E-state index is 14.3. The molecule has 6 rings (SSSR count). The van der Waals surface area contributed by atoms with Crippen molar-refractivity contribution < 1.29 is 32.6 Å². The van der Waals surface area contributed by atoms with Crippen LogP contribution < -0.4 is 4.74 Å². The van der Waals surface area contributed by atoms with Gasteiger partial charge in [-0.2, -0.15) is 13.2 Å². The number of rotatable bonds is 13. The third kappa shape index (κ3) is 6.99. The molecule has 0 bridgehead atoms. The predicted octanol–water partition coefficient (Wildman–Crippen LogP) is 8.86. The Morgan fingerprint density at radius 1 is 0.940 bits per heavy atom. The normalized spacial score (nSPS) is 13.7. The molecule has 1 saturated carbocycles. The van der Waals surface area contributed by atoms with Crippen molar-refractivity contribution in [3.8, 4) is 17.0 Å². The van der Waals surface area contributed by atoms with Gasteiger partial charge in [-0.05, 0) is 68.5 Å². The molecule has 260 valence electrons. The zero-order chi connectivity index (χ0) is 35.6. The van der Waals surface area contributed by atoms with E-state index in [0.29, 0.717) is 58.7 Å². The average molecular weight is 685 g/mol. The zero-order valence-corrected chi connectivity index (χ0v) is 28.3. The van der Waals surface area contributed by atoms with E-state index < -0.39 is 23.1 Å². The highest BCUT2D eigenvalue weighted by atomic mass is 19.4. The van der Waals surface area contributed by atoms with Crippen LogP contribution in [0.25, 0.3) is 22.2 Å². The number of carboxylic acid groups (broad SMARTS) is 1. The van der Waals surface area contributed by atoms with E-state index >= 15 is 0 Å². The van der Waals surface area contributed by atoms with Gasteiger partial charge in [0.2, 0.25) is 0 Å². The summed E-state index contributed by atoms with van der Waals surface area (Å²) in [5.74, 6) is -0.460. The van der Waals surface area contributed by atoms with Crippen molar-refractivity contribution in [2.75, 3.05) is 0 Å². The lowest BCUT2D eigenvalue weighted by Crippen LogP contribution is -2.34. The second-order valence-corrected chi connectivity index (χ2v) is 13.1. The Morgan fingerprint density at radius 2 is 1.68 bits per heavy atom. The van der Waals surface area contributed by atoms with E-state index in [2.05, 4.69) is 15.0 Å². The van der Waals surface area contributed by atoms with Gasteiger partial charge in [-0.3, -0.25) is 24.5 Å². The van der Waals surface area contributed by atoms with Gasteiger partial charge in [0.15, 0.2) is 5.78 Å². The number of carbonyl (C=O) groups excluding carboxylic acids is 1. The molecule has 0 aliphatic heterocycles. The first-order valence-electron chi connectivity index (χ1n) is 16.9. The number of carbonyl (C=O) groups is 2. The maximum absolute atomic E-state index is 14.3. The highest BCUT2D eigenvalue weighted by Gasteiger charge is 2.40. The van der Waals surface area contributed by atoms with Crippen LogP contribution in [0.1, 0.15) is 84.5 Å². The fourth-order valence-corrected chi connectivity index (χ4v) is 6.54. The standard InChI is InChI=1S/C39H39F3N4O4/c1-4-38(5-2,37(48)49)18-34-35(36(47)27-7-6-8-27)31-17-30(50-23-29-21-43-24(3)19-44-29)14-16-33(31)46(34)22-25-9-11-26(12-10-25)32-15-13-28(20-45-32)39(40,41)42/h9-17,19-21,27H,4-8,18,22-23H2,1-3H3,(H,48,49). The molecule has 0 radical (unpaired) electrons. The van der Waals surface area contributed by atoms with E-state index in [9.17, 15) is 27.9 Å². The number of aryl methyl sites for hydroxylation is 1. The van der Waals surface area contributed by atoms with Crippen LogP contribution in [0.4, 0.5) is 13.2 Å². The number of alkyl halides is 3. The van der Waals surface area contributed by atoms with Gasteiger partial charge in [0, 0.05) is 59.0 Å². The van der Waals surface area contributed by atoms with E-state index in [-0.39, 0.29) is 24.7 Å². The van der Waals surface area contributed by atoms with Gasteiger partial charge in [-0.25, -0.2) is 0 Å². The lowest BCUT2D eigenvalue weighted by molar-refractivity contribution is -0.149. The van der Waals surface area contributed by atoms with Crippen LogP contribution in [0.3, 0.4) is 0 Å². The highest BCUT2D eigenvalue weighted by Crippen LogP contribution is 2.41. The third-order valence-corrected chi connectivity index (χ3v) is 10.1. The predicted molar refractivity (Wildman–Crippen MR) is 183 cm³/mol. The average Bonchev–Trinajstić information content (AvgIpc) is 3.37. The van der Waals surface area contributed by atoms with Crippen molar-refractivity contribution in [3.05, 3.63) is 107 Å². The van der Waals surface area contributed by atoms with Crippen molar-refractivity contribution in [1.82, 2.24) is 19.5 Å². The molecule has 3 heterocycles. The molecule has 0 spiro atoms. The van der Waals surface area contributed by atoms with Crippen molar-refractivity contribution >= 4 is 22.7 Å². The zero-order valence-electron chi connectivity index (χ0n) is 28.3. The highest BCUT2D eigenvalue weighted by molar-refractivity contribution is 6.11. The summed E-state index contributed by atoms with van der Waals surface area (Å²) in [4.78, 5) is 39.8. The van der Waals surface area contributed by atoms with E-state index in [0.717, 1.165) is 48.3 Å². The number of halogens is 3. The molecule has 1 aliphatic carbocycles. The molecule has 3 aromatic heterocycles. The number of hydrogen-bond donors (Lipinski definition) is 1. The van der Waals surface area contributed by atoms with Crippen LogP contribution in [0, 0.1) is 18.3 Å². The molecule has 50 heavy (non-hydrogen) atoms. The monoisotopic (exact) mass is 684 g/mol. The second kappa shape index (κ2) is 14.0. The largest absolute Gasteiger partial charge is 0.487 e. The SMILES string of the molecule is CCC(CC)(Cc1c(C(=O)C2CCC2)c2cc(OCc3cnc(C)cn3)ccc2n1Cc1ccc(-c2ccc(C(F)(F)F)cn2)cc1)C(=O)O. The van der Waals surface area contributed by atoms with Crippen LogP contribution in [0.5, 0.6) is 5.75 Å². The molecular formula is C39H39F3N4O4. The molecule has 0 saturated heterocycles. The number of hydrogen-bond acceptors (Lipinski definition) is 6. The lowest BCUT2D eigenvalue weighted by Gasteiger charge is -2.29. The van der Waals surface area contributed by atoms with Gasteiger partial charge in [0.25, 0.3) is 0 Å². The molecule has 5 aromatic rings. The van der Waals surface area contributed by atoms with E-state index in [1.54, 1.807) is 24.5 Å². The van der Waals surface area contributed by atoms with Gasteiger partial charge in [-0.1, -0.05) is 44.5 Å². The molecule has 0 atom stereocenters. The van der Waals surface area contributed by atoms with Crippen molar-refractivity contribution in [2.45, 2.75) is 78.6 Å². The van der Waals surface area contributed by atoms with Gasteiger partial charge >= 0.3 is 12.1 Å². The van der Waals surface area contributed by atoms with Crippen molar-refractivity contribution in [3.63, 3.8) is 0 Å². The number of fused-ring (bicyclic) bond motifs is 1. The Kier molecular flexibility index (Phi) is 9.78. The summed E-state index contributed by atoms with van der Waals surface area (Å²) in [5, 5.41) is 11.2. The number of aliphatic carboxylic acids is 1. The Bertz CT molecular complexity index is 2000. The Labute approximate surface area is 288 Å². The van der Waals surface area contributed by atoms with Crippen LogP contribution in [-0.2, 0) is 30.5 Å². The maximum Gasteiger partial charge on any atom is 0.417 e. The molecule has 11 heteroatoms. The molecule has 0 unspecified atom stereocenters. The lowest BCUT2D eigenvalue weighted by atomic mass is 9.75. The molecule has 0 amide bonds. The summed E-state index contributed by atoms with van der Waals surface area (Å²) in [6, 6.07) is 15.3. The number of Topliss-reactive ketones (excluding diaryl/α,β-unsaturated/α-hetero) is 1. The van der Waals surface area contributed by atoms with E-state index in [1.807, 2.05) is 55.7 Å². The van der Waals surface area contributed by atoms with Crippen LogP contribution in [-0.4, -0.2) is 36.4 Å². The van der Waals surface area contributed by atoms with Crippen LogP contribution in [0.2, 0.25) is 0 Å². The summed E-state index contributed by atoms with van der Waals surface area (Å²) in [6.07, 6.45) is 3.18. The molecule has 1 fully saturated rings. The summed E-state index contributed by atoms with van der Waals surface area (Å²) in [6.45, 7) is 6.12. The number of nitrogens with zero attached hydrogens (tertiary/aromatic N) is 4. The Morgan fingerprint density at radius 3 is 2.24 bits per heavy atom. The minimum absolute atomic E-state index is 0.0202. The van der Waals surface area contributed by atoms with Gasteiger partial charge in [-0.15, -0.1) is 0 Å². The fraction of sp³-hybridized carbons (Fsp3) is 0.359. The first-order chi connectivity index (χ1) is 23.9. The van der Waals surface area contributed by atoms with Crippen LogP contribution in [0.15, 0.2) is 73.2 Å². The van der Waals surface area contributed by atoms with Gasteiger partial charge < -0.3 is 14.4 Å². The summed E-state index contributed by atoms with van der Waals surface area (Å²) in [5.41, 5.74) is 3.50. The first kappa shape index (κ1) is 34.8. The van der Waals surface area contributed by atoms with E-state index in [1.165, 1.54) is 6.07 Å². The number of ether oxygens (including phenoxy) is 1. The Hall–Kier alpha value is -5.06. The third-order valence-electron chi connectivity index (χ3n) is 10.1. The summed E-state index contributed by atoms with van der Waals surface area (Å²) < 4.78 is 47.4. The molecular weight excluding hydrogens is 645 g/mol. The Balaban J connectivity index is 1.43. The number of benzene rings is 2. The fourth-order valence-electron chi connectivity index (χ4n) is 6.54. The second-order valence-electron chi connectivity index (χ2n) is 13.1. The molecule has 8 nitrogen and oxygen atoms in total. The number of aromatic nitrogens is 4. The van der Waals surface area contributed by atoms with Crippen molar-refractivity contribution in [2.24, 2.45) is 11.3 Å². The van der Waals surface area contributed by atoms with Gasteiger partial charge in [0.05, 0.1) is 34.3 Å². The minimum Gasteiger partial charge on any atom is -0.487 e. The first-order valence-corrected chi connectivity index (χ1v) is 16.9. The summed E-state index contributed by atoms with van der Waals surface area (Å²) in [7, 11) is 0. The number of ketones is 1. The molecule has 1 N–H and O–H groups in total. The molecule has 1 aliphatic rings. The van der Waals surface area contributed by atoms with Crippen LogP contribution >= 0.6 is 0 Å². The topological polar surface area (TPSA) is 107 Å². The minimum atomic E-state index is -4.47. The summed E-state index contributed by atoms with van der Waals surface area (Å²) >= 11 is 0. The van der Waals surface area contributed by atoms with E-state index in [4.69, 9.17) is 4.74 Å².